The van der Waals surface area contributed by atoms with Crippen LogP contribution in [0.3, 0.4) is 0 Å². The van der Waals surface area contributed by atoms with E-state index >= 15 is 0 Å². The van der Waals surface area contributed by atoms with Crippen molar-refractivity contribution in [2.45, 2.75) is 62.9 Å². The van der Waals surface area contributed by atoms with Crippen LogP contribution in [0.25, 0.3) is 11.1 Å². The number of likely N-dealkylation sites (tertiary alicyclic amines) is 1. The molecule has 0 spiro atoms. The van der Waals surface area contributed by atoms with Crippen LogP contribution in [0.2, 0.25) is 0 Å². The van der Waals surface area contributed by atoms with Crippen molar-refractivity contribution in [1.82, 2.24) is 14.8 Å². The van der Waals surface area contributed by atoms with Crippen molar-refractivity contribution in [1.29, 1.82) is 0 Å². The van der Waals surface area contributed by atoms with Gasteiger partial charge < -0.3 is 5.11 Å². The maximum atomic E-state index is 13.2. The predicted molar refractivity (Wildman–Crippen MR) is 134 cm³/mol. The standard InChI is InChI=1S/C29H29F6N3O/c1-19-14-21(15-37-17-24-7-8-25(18-37)38(24)16-20-10-12-36-13-11-20)2-9-26(19)22-3-5-23(6-4-22)27(39,28(30,31)32)29(33,34)35/h2-6,9-14,24-25,39H,7-8,15-18H2,1H3. The van der Waals surface area contributed by atoms with Gasteiger partial charge in [-0.1, -0.05) is 42.5 Å². The Kier molecular flexibility index (Phi) is 7.24. The van der Waals surface area contributed by atoms with E-state index in [9.17, 15) is 31.4 Å². The van der Waals surface area contributed by atoms with Gasteiger partial charge in [-0.25, -0.2) is 0 Å². The first-order chi connectivity index (χ1) is 18.4. The maximum absolute atomic E-state index is 13.2. The van der Waals surface area contributed by atoms with Crippen molar-refractivity contribution in [3.63, 3.8) is 0 Å². The number of aromatic nitrogens is 1. The number of fused-ring (bicyclic) bond motifs is 2. The normalized spacial score (nSPS) is 20.9. The summed E-state index contributed by atoms with van der Waals surface area (Å²) in [5, 5.41) is 9.64. The summed E-state index contributed by atoms with van der Waals surface area (Å²) in [5.41, 5.74) is -1.80. The first-order valence-electron chi connectivity index (χ1n) is 12.8. The molecule has 0 radical (unpaired) electrons. The molecular formula is C29H29F6N3O. The van der Waals surface area contributed by atoms with Crippen LogP contribution >= 0.6 is 0 Å². The average molecular weight is 550 g/mol. The molecule has 2 aromatic carbocycles. The van der Waals surface area contributed by atoms with E-state index in [4.69, 9.17) is 0 Å². The first kappa shape index (κ1) is 27.6. The molecule has 2 aliphatic heterocycles. The van der Waals surface area contributed by atoms with E-state index in [1.807, 2.05) is 37.5 Å². The molecule has 208 valence electrons. The number of halogens is 6. The molecule has 2 bridgehead atoms. The van der Waals surface area contributed by atoms with E-state index in [-0.39, 0.29) is 0 Å². The van der Waals surface area contributed by atoms with Gasteiger partial charge in [0.25, 0.3) is 5.60 Å². The number of rotatable bonds is 6. The molecule has 0 amide bonds. The number of hydrogen-bond acceptors (Lipinski definition) is 4. The van der Waals surface area contributed by atoms with Crippen LogP contribution < -0.4 is 0 Å². The average Bonchev–Trinajstić information content (AvgIpc) is 3.10. The van der Waals surface area contributed by atoms with E-state index in [2.05, 4.69) is 26.9 Å². The molecule has 0 saturated carbocycles. The molecule has 4 nitrogen and oxygen atoms in total. The highest BCUT2D eigenvalue weighted by Crippen LogP contribution is 2.50. The fourth-order valence-corrected chi connectivity index (χ4v) is 5.95. The third-order valence-electron chi connectivity index (χ3n) is 7.95. The van der Waals surface area contributed by atoms with Crippen LogP contribution in [-0.2, 0) is 18.7 Å². The molecule has 2 fully saturated rings. The Hall–Kier alpha value is -2.95. The predicted octanol–water partition coefficient (Wildman–Crippen LogP) is 6.22. The number of hydrogen-bond donors (Lipinski definition) is 1. The highest BCUT2D eigenvalue weighted by atomic mass is 19.4. The van der Waals surface area contributed by atoms with E-state index in [1.165, 1.54) is 17.7 Å². The number of pyridine rings is 1. The molecule has 39 heavy (non-hydrogen) atoms. The lowest BCUT2D eigenvalue weighted by Gasteiger charge is -2.41. The second-order valence-electron chi connectivity index (χ2n) is 10.5. The van der Waals surface area contributed by atoms with Gasteiger partial charge in [0.2, 0.25) is 0 Å². The molecule has 5 rings (SSSR count). The summed E-state index contributed by atoms with van der Waals surface area (Å²) in [4.78, 5) is 9.13. The molecule has 2 aliphatic rings. The van der Waals surface area contributed by atoms with Gasteiger partial charge in [-0.2, -0.15) is 26.3 Å². The zero-order valence-electron chi connectivity index (χ0n) is 21.3. The second kappa shape index (κ2) is 10.2. The largest absolute Gasteiger partial charge is 0.430 e. The minimum Gasteiger partial charge on any atom is -0.369 e. The molecule has 1 N–H and O–H groups in total. The van der Waals surface area contributed by atoms with Crippen molar-refractivity contribution in [2.24, 2.45) is 0 Å². The molecule has 3 aromatic rings. The highest BCUT2D eigenvalue weighted by Gasteiger charge is 2.71. The van der Waals surface area contributed by atoms with Crippen LogP contribution in [-0.4, -0.2) is 57.4 Å². The monoisotopic (exact) mass is 549 g/mol. The van der Waals surface area contributed by atoms with E-state index in [1.54, 1.807) is 0 Å². The first-order valence-corrected chi connectivity index (χ1v) is 12.8. The van der Waals surface area contributed by atoms with Crippen molar-refractivity contribution in [3.8, 4) is 11.1 Å². The minimum atomic E-state index is -5.91. The molecule has 2 saturated heterocycles. The van der Waals surface area contributed by atoms with E-state index in [0.29, 0.717) is 35.3 Å². The summed E-state index contributed by atoms with van der Waals surface area (Å²) >= 11 is 0. The van der Waals surface area contributed by atoms with Crippen LogP contribution in [0.5, 0.6) is 0 Å². The Morgan fingerprint density at radius 1 is 0.795 bits per heavy atom. The molecule has 2 atom stereocenters. The van der Waals surface area contributed by atoms with Crippen molar-refractivity contribution >= 4 is 0 Å². The number of nitrogens with zero attached hydrogens (tertiary/aromatic N) is 3. The van der Waals surface area contributed by atoms with Gasteiger partial charge in [0.1, 0.15) is 0 Å². The fourth-order valence-electron chi connectivity index (χ4n) is 5.95. The topological polar surface area (TPSA) is 39.6 Å². The van der Waals surface area contributed by atoms with E-state index < -0.39 is 23.5 Å². The molecule has 2 unspecified atom stereocenters. The maximum Gasteiger partial charge on any atom is 0.430 e. The van der Waals surface area contributed by atoms with Crippen LogP contribution in [0.4, 0.5) is 26.3 Å². The van der Waals surface area contributed by atoms with Crippen LogP contribution in [0.15, 0.2) is 67.0 Å². The van der Waals surface area contributed by atoms with Crippen molar-refractivity contribution < 1.29 is 31.4 Å². The summed E-state index contributed by atoms with van der Waals surface area (Å²) in [6.45, 7) is 5.48. The molecular weight excluding hydrogens is 520 g/mol. The Morgan fingerprint density at radius 2 is 1.38 bits per heavy atom. The second-order valence-corrected chi connectivity index (χ2v) is 10.5. The molecule has 1 aromatic heterocycles. The number of aryl methyl sites for hydroxylation is 1. The number of alkyl halides is 6. The number of benzene rings is 2. The quantitative estimate of drug-likeness (QED) is 0.371. The van der Waals surface area contributed by atoms with Gasteiger partial charge >= 0.3 is 12.4 Å². The fraction of sp³-hybridized carbons (Fsp3) is 0.414. The lowest BCUT2D eigenvalue weighted by molar-refractivity contribution is -0.376. The van der Waals surface area contributed by atoms with Gasteiger partial charge in [0, 0.05) is 56.2 Å². The summed E-state index contributed by atoms with van der Waals surface area (Å²) < 4.78 is 79.2. The lowest BCUT2D eigenvalue weighted by atomic mass is 9.90. The van der Waals surface area contributed by atoms with Crippen LogP contribution in [0, 0.1) is 6.92 Å². The zero-order chi connectivity index (χ0) is 28.0. The SMILES string of the molecule is Cc1cc(CN2CC3CCC(C2)N3Cc2ccncc2)ccc1-c1ccc(C(O)(C(F)(F)F)C(F)(F)F)cc1. The summed E-state index contributed by atoms with van der Waals surface area (Å²) in [7, 11) is 0. The summed E-state index contributed by atoms with van der Waals surface area (Å²) in [5.74, 6) is 0. The molecule has 0 aliphatic carbocycles. The Balaban J connectivity index is 1.27. The Bertz CT molecular complexity index is 1270. The molecule has 10 heteroatoms. The zero-order valence-corrected chi connectivity index (χ0v) is 21.3. The number of piperazine rings is 1. The lowest BCUT2D eigenvalue weighted by Crippen LogP contribution is -2.53. The Labute approximate surface area is 222 Å². The van der Waals surface area contributed by atoms with Gasteiger partial charge in [0.05, 0.1) is 0 Å². The van der Waals surface area contributed by atoms with Crippen LogP contribution in [0.1, 0.15) is 35.1 Å². The number of aliphatic hydroxyl groups is 1. The van der Waals surface area contributed by atoms with Gasteiger partial charge in [0.15, 0.2) is 0 Å². The third kappa shape index (κ3) is 5.29. The van der Waals surface area contributed by atoms with Gasteiger partial charge in [-0.15, -0.1) is 0 Å². The Morgan fingerprint density at radius 3 is 1.92 bits per heavy atom. The minimum absolute atomic E-state index is 0.470. The summed E-state index contributed by atoms with van der Waals surface area (Å²) in [6.07, 6.45) is -5.85. The third-order valence-corrected chi connectivity index (χ3v) is 7.95. The highest BCUT2D eigenvalue weighted by molar-refractivity contribution is 5.68. The van der Waals surface area contributed by atoms with Gasteiger partial charge in [-0.05, 0) is 59.7 Å². The van der Waals surface area contributed by atoms with Gasteiger partial charge in [-0.3, -0.25) is 14.8 Å². The van der Waals surface area contributed by atoms with E-state index in [0.717, 1.165) is 50.1 Å². The van der Waals surface area contributed by atoms with Crippen molar-refractivity contribution in [2.75, 3.05) is 13.1 Å². The molecule has 3 heterocycles. The van der Waals surface area contributed by atoms with Crippen molar-refractivity contribution in [3.05, 3.63) is 89.2 Å². The smallest absolute Gasteiger partial charge is 0.369 e. The summed E-state index contributed by atoms with van der Waals surface area (Å²) in [6, 6.07) is 14.6.